The number of carbonyl (C=O) groups is 3. The van der Waals surface area contributed by atoms with E-state index in [0.717, 1.165) is 22.3 Å². The summed E-state index contributed by atoms with van der Waals surface area (Å²) >= 11 is 1.18. The van der Waals surface area contributed by atoms with Gasteiger partial charge in [0.2, 0.25) is 5.91 Å². The van der Waals surface area contributed by atoms with Gasteiger partial charge in [-0.15, -0.1) is 11.3 Å². The number of nitrogens with zero attached hydrogens (tertiary/aromatic N) is 2. The number of carbonyl (C=O) groups excluding carboxylic acids is 2. The van der Waals surface area contributed by atoms with E-state index in [9.17, 15) is 14.4 Å². The van der Waals surface area contributed by atoms with Crippen molar-refractivity contribution in [1.29, 1.82) is 0 Å². The van der Waals surface area contributed by atoms with E-state index in [-0.39, 0.29) is 37.4 Å². The number of carboxylic acid groups (broad SMARTS) is 1. The van der Waals surface area contributed by atoms with Crippen LogP contribution in [0.1, 0.15) is 43.0 Å². The van der Waals surface area contributed by atoms with E-state index in [1.165, 1.54) is 16.2 Å². The lowest BCUT2D eigenvalue weighted by molar-refractivity contribution is -0.145. The zero-order valence-electron chi connectivity index (χ0n) is 19.6. The Bertz CT molecular complexity index is 1200. The van der Waals surface area contributed by atoms with Crippen LogP contribution in [0.4, 0.5) is 9.93 Å². The molecule has 0 saturated carbocycles. The molecule has 0 radical (unpaired) electrons. The fourth-order valence-electron chi connectivity index (χ4n) is 4.28. The minimum Gasteiger partial charge on any atom is -0.480 e. The molecule has 1 unspecified atom stereocenters. The SMILES string of the molecule is CCC(C)N(CC(=O)O)C(=O)Cc1csc(NC(=O)OCC2c3ccccc3-c3ccccc32)n1. The fraction of sp³-hybridized carbons (Fsp3) is 0.308. The number of benzene rings is 2. The first-order valence-corrected chi connectivity index (χ1v) is 12.3. The van der Waals surface area contributed by atoms with Crippen LogP contribution in [0.5, 0.6) is 0 Å². The molecule has 0 saturated heterocycles. The molecular weight excluding hydrogens is 466 g/mol. The van der Waals surface area contributed by atoms with E-state index in [1.54, 1.807) is 5.38 Å². The standard InChI is InChI=1S/C26H27N3O5S/c1-3-16(2)29(13-24(31)32)23(30)12-17-15-35-25(27-17)28-26(33)34-14-22-20-10-6-4-8-18(20)19-9-5-7-11-21(19)22/h4-11,15-16,22H,3,12-14H2,1-2H3,(H,31,32)(H,27,28,33). The molecule has 3 aromatic rings. The van der Waals surface area contributed by atoms with Crippen molar-refractivity contribution < 1.29 is 24.2 Å². The third-order valence-corrected chi connectivity index (χ3v) is 6.99. The van der Waals surface area contributed by atoms with Gasteiger partial charge in [0.15, 0.2) is 5.13 Å². The third kappa shape index (κ3) is 5.51. The van der Waals surface area contributed by atoms with Crippen molar-refractivity contribution >= 4 is 34.4 Å². The van der Waals surface area contributed by atoms with Crippen LogP contribution in [-0.2, 0) is 20.7 Å². The first-order valence-electron chi connectivity index (χ1n) is 11.4. The molecule has 1 atom stereocenters. The smallest absolute Gasteiger partial charge is 0.413 e. The van der Waals surface area contributed by atoms with Gasteiger partial charge in [-0.3, -0.25) is 14.9 Å². The van der Waals surface area contributed by atoms with Crippen LogP contribution in [0.3, 0.4) is 0 Å². The normalized spacial score (nSPS) is 13.0. The van der Waals surface area contributed by atoms with Crippen molar-refractivity contribution in [2.24, 2.45) is 0 Å². The number of ether oxygens (including phenoxy) is 1. The number of nitrogens with one attached hydrogen (secondary N) is 1. The highest BCUT2D eigenvalue weighted by atomic mass is 32.1. The molecule has 1 aromatic heterocycles. The van der Waals surface area contributed by atoms with Gasteiger partial charge in [-0.2, -0.15) is 0 Å². The number of anilines is 1. The quantitative estimate of drug-likeness (QED) is 0.445. The number of amides is 2. The summed E-state index contributed by atoms with van der Waals surface area (Å²) in [5.41, 5.74) is 5.03. The molecule has 8 nitrogen and oxygen atoms in total. The number of thiazole rings is 1. The number of aliphatic carboxylic acids is 1. The van der Waals surface area contributed by atoms with E-state index in [1.807, 2.05) is 38.1 Å². The van der Waals surface area contributed by atoms with Crippen LogP contribution in [0.2, 0.25) is 0 Å². The van der Waals surface area contributed by atoms with E-state index in [0.29, 0.717) is 17.2 Å². The van der Waals surface area contributed by atoms with Gasteiger partial charge in [-0.05, 0) is 35.6 Å². The minimum atomic E-state index is -1.06. The van der Waals surface area contributed by atoms with Gasteiger partial charge < -0.3 is 14.7 Å². The monoisotopic (exact) mass is 493 g/mol. The summed E-state index contributed by atoms with van der Waals surface area (Å²) in [6.07, 6.45) is -0.0169. The second kappa shape index (κ2) is 10.7. The molecule has 0 aliphatic heterocycles. The zero-order chi connectivity index (χ0) is 24.9. The molecule has 1 aliphatic carbocycles. The number of fused-ring (bicyclic) bond motifs is 3. The van der Waals surface area contributed by atoms with Gasteiger partial charge >= 0.3 is 12.1 Å². The molecule has 2 N–H and O–H groups in total. The molecule has 2 aromatic carbocycles. The molecule has 4 rings (SSSR count). The Morgan fingerprint density at radius 1 is 1.11 bits per heavy atom. The lowest BCUT2D eigenvalue weighted by atomic mass is 9.98. The predicted molar refractivity (Wildman–Crippen MR) is 134 cm³/mol. The van der Waals surface area contributed by atoms with Crippen molar-refractivity contribution in [3.05, 3.63) is 70.7 Å². The molecule has 2 amide bonds. The lowest BCUT2D eigenvalue weighted by Gasteiger charge is -2.26. The summed E-state index contributed by atoms with van der Waals surface area (Å²) < 4.78 is 5.54. The Labute approximate surface area is 207 Å². The number of hydrogen-bond acceptors (Lipinski definition) is 6. The van der Waals surface area contributed by atoms with Crippen molar-refractivity contribution in [2.45, 2.75) is 38.6 Å². The highest BCUT2D eigenvalue weighted by Crippen LogP contribution is 2.44. The predicted octanol–water partition coefficient (Wildman–Crippen LogP) is 4.76. The van der Waals surface area contributed by atoms with E-state index >= 15 is 0 Å². The van der Waals surface area contributed by atoms with Gasteiger partial charge in [0, 0.05) is 17.3 Å². The van der Waals surface area contributed by atoms with Gasteiger partial charge in [0.1, 0.15) is 13.2 Å². The summed E-state index contributed by atoms with van der Waals surface area (Å²) in [6, 6.07) is 16.0. The molecular formula is C26H27N3O5S. The summed E-state index contributed by atoms with van der Waals surface area (Å²) in [5, 5.41) is 13.7. The maximum Gasteiger partial charge on any atom is 0.413 e. The topological polar surface area (TPSA) is 109 Å². The Morgan fingerprint density at radius 3 is 2.34 bits per heavy atom. The van der Waals surface area contributed by atoms with Gasteiger partial charge in [-0.1, -0.05) is 55.5 Å². The minimum absolute atomic E-state index is 0.0412. The van der Waals surface area contributed by atoms with Gasteiger partial charge in [0.05, 0.1) is 12.1 Å². The van der Waals surface area contributed by atoms with Gasteiger partial charge in [-0.25, -0.2) is 9.78 Å². The second-order valence-electron chi connectivity index (χ2n) is 8.44. The third-order valence-electron chi connectivity index (χ3n) is 6.19. The molecule has 1 aliphatic rings. The average molecular weight is 494 g/mol. The molecule has 0 bridgehead atoms. The molecule has 0 spiro atoms. The Hall–Kier alpha value is -3.72. The molecule has 9 heteroatoms. The van der Waals surface area contributed by atoms with Crippen LogP contribution in [0, 0.1) is 0 Å². The van der Waals surface area contributed by atoms with Crippen molar-refractivity contribution in [2.75, 3.05) is 18.5 Å². The first kappa shape index (κ1) is 24.4. The maximum absolute atomic E-state index is 12.6. The van der Waals surface area contributed by atoms with E-state index < -0.39 is 12.1 Å². The maximum atomic E-state index is 12.6. The van der Waals surface area contributed by atoms with Crippen LogP contribution in [-0.4, -0.2) is 52.2 Å². The molecule has 0 fully saturated rings. The number of hydrogen-bond donors (Lipinski definition) is 2. The lowest BCUT2D eigenvalue weighted by Crippen LogP contribution is -2.42. The second-order valence-corrected chi connectivity index (χ2v) is 9.30. The van der Waals surface area contributed by atoms with Crippen LogP contribution >= 0.6 is 11.3 Å². The van der Waals surface area contributed by atoms with Crippen molar-refractivity contribution in [1.82, 2.24) is 9.88 Å². The molecule has 35 heavy (non-hydrogen) atoms. The summed E-state index contributed by atoms with van der Waals surface area (Å²) in [7, 11) is 0. The van der Waals surface area contributed by atoms with Crippen molar-refractivity contribution in [3.63, 3.8) is 0 Å². The molecule has 1 heterocycles. The summed E-state index contributed by atoms with van der Waals surface area (Å²) in [5.74, 6) is -1.42. The molecule has 182 valence electrons. The first-order chi connectivity index (χ1) is 16.9. The number of aromatic nitrogens is 1. The highest BCUT2D eigenvalue weighted by molar-refractivity contribution is 7.13. The Balaban J connectivity index is 1.35. The van der Waals surface area contributed by atoms with Crippen LogP contribution in [0.15, 0.2) is 53.9 Å². The summed E-state index contributed by atoms with van der Waals surface area (Å²) in [4.78, 5) is 41.9. The average Bonchev–Trinajstić information content (AvgIpc) is 3.42. The van der Waals surface area contributed by atoms with E-state index in [2.05, 4.69) is 34.6 Å². The Kier molecular flexibility index (Phi) is 7.45. The van der Waals surface area contributed by atoms with Crippen LogP contribution < -0.4 is 5.32 Å². The summed E-state index contributed by atoms with van der Waals surface area (Å²) in [6.45, 7) is 3.54. The van der Waals surface area contributed by atoms with E-state index in [4.69, 9.17) is 9.84 Å². The number of rotatable bonds is 9. The van der Waals surface area contributed by atoms with Crippen LogP contribution in [0.25, 0.3) is 11.1 Å². The zero-order valence-corrected chi connectivity index (χ0v) is 20.4. The highest BCUT2D eigenvalue weighted by Gasteiger charge is 2.29. The number of carboxylic acids is 1. The van der Waals surface area contributed by atoms with Crippen molar-refractivity contribution in [3.8, 4) is 11.1 Å². The largest absolute Gasteiger partial charge is 0.480 e. The Morgan fingerprint density at radius 2 is 1.74 bits per heavy atom. The fourth-order valence-corrected chi connectivity index (χ4v) is 4.98. The van der Waals surface area contributed by atoms with Gasteiger partial charge in [0.25, 0.3) is 0 Å².